The van der Waals surface area contributed by atoms with Crippen LogP contribution in [0.1, 0.15) is 17.3 Å². The second kappa shape index (κ2) is 4.74. The zero-order valence-electron chi connectivity index (χ0n) is 11.1. The predicted octanol–water partition coefficient (Wildman–Crippen LogP) is 3.99. The third-order valence-electron chi connectivity index (χ3n) is 3.59. The summed E-state index contributed by atoms with van der Waals surface area (Å²) in [5, 5.41) is 28.5. The van der Waals surface area contributed by atoms with Gasteiger partial charge in [-0.2, -0.15) is 10.2 Å². The zero-order valence-corrected chi connectivity index (χ0v) is 12.7. The van der Waals surface area contributed by atoms with E-state index in [4.69, 9.17) is 0 Å². The van der Waals surface area contributed by atoms with Crippen LogP contribution >= 0.6 is 15.9 Å². The van der Waals surface area contributed by atoms with E-state index in [1.54, 1.807) is 0 Å². The Kier molecular flexibility index (Phi) is 2.83. The summed E-state index contributed by atoms with van der Waals surface area (Å²) in [6.07, 6.45) is 1.42. The van der Waals surface area contributed by atoms with Crippen LogP contribution in [-0.4, -0.2) is 20.2 Å². The fourth-order valence-electron chi connectivity index (χ4n) is 2.54. The highest BCUT2D eigenvalue weighted by atomic mass is 79.9. The average Bonchev–Trinajstić information content (AvgIpc) is 2.91. The maximum Gasteiger partial charge on any atom is 0.159 e. The number of aromatic hydroxyl groups is 2. The summed E-state index contributed by atoms with van der Waals surface area (Å²) in [4.78, 5) is 8.44. The number of nitrogens with zero attached hydrogens (tertiary/aromatic N) is 4. The second-order valence-corrected chi connectivity index (χ2v) is 5.85. The summed E-state index contributed by atoms with van der Waals surface area (Å²) in [5.41, 5.74) is 2.91. The largest absolute Gasteiger partial charge is 0.504 e. The molecule has 0 radical (unpaired) electrons. The van der Waals surface area contributed by atoms with E-state index in [1.165, 1.54) is 18.5 Å². The van der Waals surface area contributed by atoms with E-state index in [0.29, 0.717) is 16.6 Å². The summed E-state index contributed by atoms with van der Waals surface area (Å²) < 4.78 is 0.933. The Morgan fingerprint density at radius 1 is 1.00 bits per heavy atom. The van der Waals surface area contributed by atoms with Crippen LogP contribution in [0.4, 0.5) is 5.69 Å². The molecule has 1 aromatic heterocycles. The van der Waals surface area contributed by atoms with Crippen molar-refractivity contribution in [1.82, 2.24) is 9.97 Å². The molecule has 2 aromatic carbocycles. The number of phenols is 2. The van der Waals surface area contributed by atoms with Crippen LogP contribution in [0.3, 0.4) is 0 Å². The third-order valence-corrected chi connectivity index (χ3v) is 4.08. The first-order valence-corrected chi connectivity index (χ1v) is 7.29. The highest BCUT2D eigenvalue weighted by Gasteiger charge is 2.26. The van der Waals surface area contributed by atoms with Crippen LogP contribution < -0.4 is 0 Å². The smallest absolute Gasteiger partial charge is 0.159 e. The van der Waals surface area contributed by atoms with Gasteiger partial charge in [0.15, 0.2) is 11.5 Å². The lowest BCUT2D eigenvalue weighted by Crippen LogP contribution is -2.00. The molecule has 1 atom stereocenters. The van der Waals surface area contributed by atoms with Gasteiger partial charge in [-0.1, -0.05) is 15.9 Å². The molecule has 2 heterocycles. The van der Waals surface area contributed by atoms with Gasteiger partial charge in [-0.25, -0.2) is 9.97 Å². The second-order valence-electron chi connectivity index (χ2n) is 4.94. The average molecular weight is 357 g/mol. The Hall–Kier alpha value is -2.54. The topological polar surface area (TPSA) is 91.0 Å². The quantitative estimate of drug-likeness (QED) is 0.644. The summed E-state index contributed by atoms with van der Waals surface area (Å²) >= 11 is 3.45. The molecule has 22 heavy (non-hydrogen) atoms. The van der Waals surface area contributed by atoms with Gasteiger partial charge in [-0.15, -0.1) is 0 Å². The Bertz CT molecular complexity index is 942. The zero-order chi connectivity index (χ0) is 15.3. The van der Waals surface area contributed by atoms with Crippen LogP contribution in [0.15, 0.2) is 51.4 Å². The Morgan fingerprint density at radius 3 is 2.68 bits per heavy atom. The molecule has 0 spiro atoms. The van der Waals surface area contributed by atoms with Gasteiger partial charge in [0.05, 0.1) is 16.9 Å². The van der Waals surface area contributed by atoms with Crippen molar-refractivity contribution in [3.05, 3.63) is 52.4 Å². The van der Waals surface area contributed by atoms with Crippen molar-refractivity contribution in [3.8, 4) is 11.5 Å². The molecule has 6 nitrogen and oxygen atoms in total. The highest BCUT2D eigenvalue weighted by Crippen LogP contribution is 2.43. The van der Waals surface area contributed by atoms with Crippen molar-refractivity contribution in [2.24, 2.45) is 10.2 Å². The molecule has 0 bridgehead atoms. The Labute approximate surface area is 133 Å². The number of hydrogen-bond acceptors (Lipinski definition) is 6. The summed E-state index contributed by atoms with van der Waals surface area (Å²) in [6, 6.07) is 8.24. The first-order valence-electron chi connectivity index (χ1n) is 6.50. The Balaban J connectivity index is 1.96. The van der Waals surface area contributed by atoms with Crippen molar-refractivity contribution >= 4 is 32.5 Å². The molecule has 108 valence electrons. The minimum atomic E-state index is -0.359. The fraction of sp³-hybridized carbons (Fsp3) is 0.0667. The molecule has 0 saturated carbocycles. The molecule has 1 aliphatic heterocycles. The number of halogens is 1. The maximum absolute atomic E-state index is 9.76. The van der Waals surface area contributed by atoms with Crippen molar-refractivity contribution in [2.45, 2.75) is 6.04 Å². The molecule has 2 N–H and O–H groups in total. The molecular formula is C15H9BrN4O2. The van der Waals surface area contributed by atoms with Crippen LogP contribution in [0.2, 0.25) is 0 Å². The molecule has 1 unspecified atom stereocenters. The minimum Gasteiger partial charge on any atom is -0.504 e. The molecule has 1 aliphatic rings. The summed E-state index contributed by atoms with van der Waals surface area (Å²) in [6.45, 7) is 0. The number of phenolic OH excluding ortho intramolecular Hbond substituents is 2. The number of benzene rings is 2. The van der Waals surface area contributed by atoms with E-state index < -0.39 is 0 Å². The lowest BCUT2D eigenvalue weighted by atomic mass is 10.00. The van der Waals surface area contributed by atoms with Gasteiger partial charge in [0.25, 0.3) is 0 Å². The lowest BCUT2D eigenvalue weighted by molar-refractivity contribution is 0.404. The van der Waals surface area contributed by atoms with E-state index in [9.17, 15) is 10.2 Å². The van der Waals surface area contributed by atoms with Gasteiger partial charge >= 0.3 is 0 Å². The number of azo groups is 1. The van der Waals surface area contributed by atoms with Crippen molar-refractivity contribution in [2.75, 3.05) is 0 Å². The predicted molar refractivity (Wildman–Crippen MR) is 83.4 cm³/mol. The van der Waals surface area contributed by atoms with Crippen molar-refractivity contribution in [1.29, 1.82) is 0 Å². The van der Waals surface area contributed by atoms with Crippen LogP contribution in [-0.2, 0) is 0 Å². The minimum absolute atomic E-state index is 0.214. The summed E-state index contributed by atoms with van der Waals surface area (Å²) in [5.74, 6) is -0.429. The molecule has 3 aromatic rings. The van der Waals surface area contributed by atoms with Gasteiger partial charge < -0.3 is 10.2 Å². The molecule has 4 rings (SSSR count). The van der Waals surface area contributed by atoms with E-state index in [-0.39, 0.29) is 17.5 Å². The van der Waals surface area contributed by atoms with Crippen LogP contribution in [0, 0.1) is 0 Å². The van der Waals surface area contributed by atoms with Crippen molar-refractivity contribution in [3.63, 3.8) is 0 Å². The molecular weight excluding hydrogens is 348 g/mol. The van der Waals surface area contributed by atoms with Gasteiger partial charge in [-0.05, 0) is 24.3 Å². The van der Waals surface area contributed by atoms with Gasteiger partial charge in [0.1, 0.15) is 12.4 Å². The number of rotatable bonds is 1. The maximum atomic E-state index is 9.76. The normalized spacial score (nSPS) is 16.1. The van der Waals surface area contributed by atoms with Gasteiger partial charge in [0, 0.05) is 21.5 Å². The van der Waals surface area contributed by atoms with Crippen molar-refractivity contribution < 1.29 is 10.2 Å². The molecule has 0 fully saturated rings. The van der Waals surface area contributed by atoms with Crippen LogP contribution in [0.25, 0.3) is 10.9 Å². The first-order chi connectivity index (χ1) is 10.6. The molecule has 0 amide bonds. The molecule has 0 saturated heterocycles. The van der Waals surface area contributed by atoms with Gasteiger partial charge in [-0.3, -0.25) is 0 Å². The Morgan fingerprint density at radius 2 is 1.82 bits per heavy atom. The molecule has 7 heteroatoms. The van der Waals surface area contributed by atoms with Crippen LogP contribution in [0.5, 0.6) is 11.5 Å². The standard InChI is InChI=1S/C15H9BrN4O2/c16-7-1-2-10-8(3-7)15(20-19-10)14-9-4-12(21)13(22)5-11(9)17-6-18-14/h1-6,15,21-22H. The summed E-state index contributed by atoms with van der Waals surface area (Å²) in [7, 11) is 0. The molecule has 0 aliphatic carbocycles. The van der Waals surface area contributed by atoms with Gasteiger partial charge in [0.2, 0.25) is 0 Å². The SMILES string of the molecule is Oc1cc2ncnc(C3N=Nc4ccc(Br)cc43)c2cc1O. The number of fused-ring (bicyclic) bond motifs is 2. The fourth-order valence-corrected chi connectivity index (χ4v) is 2.92. The van der Waals surface area contributed by atoms with E-state index in [1.807, 2.05) is 18.2 Å². The number of hydrogen-bond donors (Lipinski definition) is 2. The first kappa shape index (κ1) is 13.1. The van der Waals surface area contributed by atoms with E-state index in [2.05, 4.69) is 36.1 Å². The third kappa shape index (κ3) is 1.93. The van der Waals surface area contributed by atoms with E-state index >= 15 is 0 Å². The lowest BCUT2D eigenvalue weighted by Gasteiger charge is -2.11. The van der Waals surface area contributed by atoms with E-state index in [0.717, 1.165) is 15.7 Å². The highest BCUT2D eigenvalue weighted by molar-refractivity contribution is 9.10. The number of aromatic nitrogens is 2. The monoisotopic (exact) mass is 356 g/mol.